The Bertz CT molecular complexity index is 318. The van der Waals surface area contributed by atoms with Crippen LogP contribution in [-0.4, -0.2) is 11.7 Å². The third-order valence-electron chi connectivity index (χ3n) is 2.17. The lowest BCUT2D eigenvalue weighted by molar-refractivity contribution is 0.343. The van der Waals surface area contributed by atoms with E-state index in [9.17, 15) is 0 Å². The summed E-state index contributed by atoms with van der Waals surface area (Å²) < 4.78 is 0. The predicted molar refractivity (Wildman–Crippen MR) is 61.3 cm³/mol. The minimum atomic E-state index is 0.0970. The van der Waals surface area contributed by atoms with Crippen molar-refractivity contribution < 1.29 is 5.11 Å². The van der Waals surface area contributed by atoms with Gasteiger partial charge in [-0.05, 0) is 16.5 Å². The van der Waals surface area contributed by atoms with Crippen molar-refractivity contribution in [1.82, 2.24) is 0 Å². The van der Waals surface area contributed by atoms with E-state index in [0.717, 1.165) is 5.56 Å². The Morgan fingerprint density at radius 2 is 2.00 bits per heavy atom. The first-order valence-corrected chi connectivity index (χ1v) is 4.92. The maximum absolute atomic E-state index is 8.67. The van der Waals surface area contributed by atoms with Crippen LogP contribution in [0.5, 0.6) is 0 Å². The van der Waals surface area contributed by atoms with E-state index >= 15 is 0 Å². The molecule has 0 heterocycles. The first kappa shape index (κ1) is 11.0. The second-order valence-corrected chi connectivity index (χ2v) is 4.46. The fourth-order valence-electron chi connectivity index (χ4n) is 1.30. The second-order valence-electron chi connectivity index (χ2n) is 4.46. The highest BCUT2D eigenvalue weighted by Crippen LogP contribution is 2.23. The Labute approximate surface area is 86.1 Å². The molecule has 0 spiro atoms. The van der Waals surface area contributed by atoms with Gasteiger partial charge in [0.05, 0.1) is 6.61 Å². The number of benzene rings is 1. The first-order valence-electron chi connectivity index (χ1n) is 4.92. The van der Waals surface area contributed by atoms with Gasteiger partial charge in [-0.3, -0.25) is 0 Å². The number of rotatable bonds is 2. The molecule has 0 aliphatic heterocycles. The van der Waals surface area contributed by atoms with Crippen molar-refractivity contribution in [2.75, 3.05) is 6.61 Å². The number of hydrogen-bond acceptors (Lipinski definition) is 1. The lowest BCUT2D eigenvalue weighted by Gasteiger charge is -2.19. The molecule has 1 nitrogen and oxygen atoms in total. The van der Waals surface area contributed by atoms with E-state index < -0.39 is 0 Å². The molecule has 0 unspecified atom stereocenters. The van der Waals surface area contributed by atoms with Crippen LogP contribution in [0.3, 0.4) is 0 Å². The molecule has 76 valence electrons. The highest BCUT2D eigenvalue weighted by molar-refractivity contribution is 5.51. The van der Waals surface area contributed by atoms with Crippen molar-refractivity contribution in [1.29, 1.82) is 0 Å². The van der Waals surface area contributed by atoms with Gasteiger partial charge < -0.3 is 5.11 Å². The largest absolute Gasteiger partial charge is 0.392 e. The molecule has 0 aliphatic rings. The summed E-state index contributed by atoms with van der Waals surface area (Å²) in [5.74, 6) is 0. The van der Waals surface area contributed by atoms with Crippen molar-refractivity contribution in [2.24, 2.45) is 0 Å². The highest BCUT2D eigenvalue weighted by Gasteiger charge is 2.12. The van der Waals surface area contributed by atoms with Crippen LogP contribution < -0.4 is 0 Å². The van der Waals surface area contributed by atoms with E-state index in [-0.39, 0.29) is 12.0 Å². The molecule has 0 atom stereocenters. The van der Waals surface area contributed by atoms with Gasteiger partial charge in [-0.2, -0.15) is 0 Å². The number of aliphatic hydroxyl groups excluding tert-OH is 1. The molecule has 0 aliphatic carbocycles. The lowest BCUT2D eigenvalue weighted by Crippen LogP contribution is -2.10. The SMILES string of the molecule is CC(C)(C)c1cccc(/C=C/CO)c1. The Morgan fingerprint density at radius 1 is 1.29 bits per heavy atom. The summed E-state index contributed by atoms with van der Waals surface area (Å²) in [6.45, 7) is 6.69. The summed E-state index contributed by atoms with van der Waals surface area (Å²) in [4.78, 5) is 0. The fraction of sp³-hybridized carbons (Fsp3) is 0.385. The third kappa shape index (κ3) is 3.00. The molecule has 0 saturated heterocycles. The van der Waals surface area contributed by atoms with Crippen molar-refractivity contribution in [2.45, 2.75) is 26.2 Å². The topological polar surface area (TPSA) is 20.2 Å². The molecule has 0 amide bonds. The molecule has 0 saturated carbocycles. The average Bonchev–Trinajstić information content (AvgIpc) is 2.14. The maximum atomic E-state index is 8.67. The minimum absolute atomic E-state index is 0.0970. The van der Waals surface area contributed by atoms with Gasteiger partial charge in [0.2, 0.25) is 0 Å². The van der Waals surface area contributed by atoms with Crippen molar-refractivity contribution in [3.05, 3.63) is 41.5 Å². The van der Waals surface area contributed by atoms with Crippen LogP contribution >= 0.6 is 0 Å². The minimum Gasteiger partial charge on any atom is -0.392 e. The summed E-state index contributed by atoms with van der Waals surface area (Å²) in [6.07, 6.45) is 3.69. The van der Waals surface area contributed by atoms with Crippen LogP contribution in [-0.2, 0) is 5.41 Å². The molecule has 1 heteroatoms. The molecule has 1 aromatic carbocycles. The normalized spacial score (nSPS) is 12.3. The van der Waals surface area contributed by atoms with Gasteiger partial charge in [-0.15, -0.1) is 0 Å². The van der Waals surface area contributed by atoms with Gasteiger partial charge in [0.15, 0.2) is 0 Å². The molecule has 0 fully saturated rings. The standard InChI is InChI=1S/C13H18O/c1-13(2,3)12-8-4-6-11(10-12)7-5-9-14/h4-8,10,14H,9H2,1-3H3/b7-5+. The van der Waals surface area contributed by atoms with Crippen LogP contribution in [0.1, 0.15) is 31.9 Å². The fourth-order valence-corrected chi connectivity index (χ4v) is 1.30. The van der Waals surface area contributed by atoms with Gasteiger partial charge >= 0.3 is 0 Å². The molecular weight excluding hydrogens is 172 g/mol. The summed E-state index contributed by atoms with van der Waals surface area (Å²) in [7, 11) is 0. The van der Waals surface area contributed by atoms with E-state index in [1.165, 1.54) is 5.56 Å². The smallest absolute Gasteiger partial charge is 0.0615 e. The summed E-state index contributed by atoms with van der Waals surface area (Å²) in [5, 5.41) is 8.67. The van der Waals surface area contributed by atoms with Crippen molar-refractivity contribution in [3.8, 4) is 0 Å². The summed E-state index contributed by atoms with van der Waals surface area (Å²) in [6, 6.07) is 8.39. The van der Waals surface area contributed by atoms with Crippen LogP contribution in [0.2, 0.25) is 0 Å². The lowest BCUT2D eigenvalue weighted by atomic mass is 9.86. The van der Waals surface area contributed by atoms with Gasteiger partial charge in [-0.1, -0.05) is 57.2 Å². The quantitative estimate of drug-likeness (QED) is 0.760. The molecule has 1 N–H and O–H groups in total. The summed E-state index contributed by atoms with van der Waals surface area (Å²) >= 11 is 0. The van der Waals surface area contributed by atoms with E-state index in [2.05, 4.69) is 39.0 Å². The Hall–Kier alpha value is -1.08. The van der Waals surface area contributed by atoms with E-state index in [4.69, 9.17) is 5.11 Å². The molecule has 0 aromatic heterocycles. The van der Waals surface area contributed by atoms with Gasteiger partial charge in [-0.25, -0.2) is 0 Å². The van der Waals surface area contributed by atoms with Gasteiger partial charge in [0.1, 0.15) is 0 Å². The zero-order valence-corrected chi connectivity index (χ0v) is 9.12. The second kappa shape index (κ2) is 4.43. The van der Waals surface area contributed by atoms with E-state index in [1.807, 2.05) is 12.1 Å². The molecule has 0 bridgehead atoms. The van der Waals surface area contributed by atoms with Gasteiger partial charge in [0, 0.05) is 0 Å². The van der Waals surface area contributed by atoms with Crippen LogP contribution in [0, 0.1) is 0 Å². The maximum Gasteiger partial charge on any atom is 0.0615 e. The Kier molecular flexibility index (Phi) is 3.48. The molecule has 14 heavy (non-hydrogen) atoms. The van der Waals surface area contributed by atoms with E-state index in [1.54, 1.807) is 6.08 Å². The van der Waals surface area contributed by atoms with E-state index in [0.29, 0.717) is 0 Å². The average molecular weight is 190 g/mol. The predicted octanol–water partition coefficient (Wildman–Crippen LogP) is 2.99. The zero-order valence-electron chi connectivity index (χ0n) is 9.12. The zero-order chi connectivity index (χ0) is 10.6. The first-order chi connectivity index (χ1) is 6.54. The molecule has 1 aromatic rings. The van der Waals surface area contributed by atoms with Gasteiger partial charge in [0.25, 0.3) is 0 Å². The van der Waals surface area contributed by atoms with Crippen molar-refractivity contribution >= 4 is 6.08 Å². The molecular formula is C13H18O. The van der Waals surface area contributed by atoms with Crippen LogP contribution in [0.4, 0.5) is 0 Å². The molecule has 0 radical (unpaired) electrons. The number of aliphatic hydroxyl groups is 1. The van der Waals surface area contributed by atoms with Crippen LogP contribution in [0.15, 0.2) is 30.3 Å². The third-order valence-corrected chi connectivity index (χ3v) is 2.17. The van der Waals surface area contributed by atoms with Crippen LogP contribution in [0.25, 0.3) is 6.08 Å². The Morgan fingerprint density at radius 3 is 2.57 bits per heavy atom. The molecule has 1 rings (SSSR count). The number of hydrogen-bond donors (Lipinski definition) is 1. The monoisotopic (exact) mass is 190 g/mol. The summed E-state index contributed by atoms with van der Waals surface area (Å²) in [5.41, 5.74) is 2.65. The Balaban J connectivity index is 2.96. The van der Waals surface area contributed by atoms with Crippen molar-refractivity contribution in [3.63, 3.8) is 0 Å². The highest BCUT2D eigenvalue weighted by atomic mass is 16.2.